The first-order valence-corrected chi connectivity index (χ1v) is 9.62. The normalized spacial score (nSPS) is 11.0. The lowest BCUT2D eigenvalue weighted by Crippen LogP contribution is -2.11. The molecule has 5 aromatic carbocycles. The number of rotatable bonds is 3. The molecule has 5 rings (SSSR count). The van der Waals surface area contributed by atoms with Crippen molar-refractivity contribution in [2.75, 3.05) is 4.90 Å². The zero-order chi connectivity index (χ0) is 18.9. The minimum absolute atomic E-state index is 1.16. The Balaban J connectivity index is 1.72. The van der Waals surface area contributed by atoms with Gasteiger partial charge in [-0.2, -0.15) is 0 Å². The van der Waals surface area contributed by atoms with E-state index >= 15 is 0 Å². The van der Waals surface area contributed by atoms with Crippen LogP contribution in [-0.2, 0) is 0 Å². The molecule has 0 bridgehead atoms. The average molecular weight is 357 g/mol. The van der Waals surface area contributed by atoms with Crippen molar-refractivity contribution in [3.63, 3.8) is 0 Å². The maximum atomic E-state index is 2.33. The third-order valence-corrected chi connectivity index (χ3v) is 5.27. The number of benzene rings is 5. The van der Waals surface area contributed by atoms with Crippen LogP contribution < -0.4 is 10.4 Å². The van der Waals surface area contributed by atoms with E-state index in [0.29, 0.717) is 0 Å². The van der Waals surface area contributed by atoms with Gasteiger partial charge in [0.05, 0.1) is 0 Å². The molecule has 1 nitrogen and oxygen atoms in total. The maximum Gasteiger partial charge on any atom is 0.139 e. The summed E-state index contributed by atoms with van der Waals surface area (Å²) in [4.78, 5) is 2.33. The van der Waals surface area contributed by atoms with Crippen LogP contribution in [0.3, 0.4) is 0 Å². The third kappa shape index (κ3) is 3.03. The second-order valence-corrected chi connectivity index (χ2v) is 7.23. The minimum atomic E-state index is 1.16. The van der Waals surface area contributed by atoms with Crippen molar-refractivity contribution >= 4 is 51.9 Å². The molecule has 0 N–H and O–H groups in total. The van der Waals surface area contributed by atoms with E-state index in [9.17, 15) is 0 Å². The molecule has 0 aliphatic carbocycles. The largest absolute Gasteiger partial charge is 0.310 e. The summed E-state index contributed by atoms with van der Waals surface area (Å²) in [5.74, 6) is 0. The van der Waals surface area contributed by atoms with Crippen LogP contribution >= 0.6 is 0 Å². The fraction of sp³-hybridized carbons (Fsp3) is 0. The number of hydrogen-bond acceptors (Lipinski definition) is 1. The Kier molecular flexibility index (Phi) is 4.10. The van der Waals surface area contributed by atoms with Crippen molar-refractivity contribution in [3.8, 4) is 0 Å². The smallest absolute Gasteiger partial charge is 0.139 e. The molecule has 0 saturated carbocycles. The van der Waals surface area contributed by atoms with Crippen LogP contribution in [0, 0.1) is 0 Å². The first-order chi connectivity index (χ1) is 13.8. The molecule has 0 unspecified atom stereocenters. The van der Waals surface area contributed by atoms with Crippen LogP contribution in [-0.4, -0.2) is 7.85 Å². The van der Waals surface area contributed by atoms with Crippen LogP contribution in [0.25, 0.3) is 21.5 Å². The lowest BCUT2D eigenvalue weighted by molar-refractivity contribution is 1.30. The van der Waals surface area contributed by atoms with Crippen molar-refractivity contribution in [3.05, 3.63) is 109 Å². The lowest BCUT2D eigenvalue weighted by atomic mass is 9.96. The quantitative estimate of drug-likeness (QED) is 0.373. The summed E-state index contributed by atoms with van der Waals surface area (Å²) in [5.41, 5.74) is 4.76. The van der Waals surface area contributed by atoms with E-state index in [0.717, 1.165) is 17.1 Å². The molecule has 0 atom stereocenters. The van der Waals surface area contributed by atoms with Gasteiger partial charge in [0.2, 0.25) is 0 Å². The van der Waals surface area contributed by atoms with Gasteiger partial charge in [-0.15, -0.1) is 0 Å². The van der Waals surface area contributed by atoms with Crippen LogP contribution in [0.1, 0.15) is 0 Å². The summed E-state index contributed by atoms with van der Waals surface area (Å²) >= 11 is 0. The first kappa shape index (κ1) is 16.6. The second-order valence-electron chi connectivity index (χ2n) is 7.23. The standard InChI is InChI=1S/C26H20BN/c27-23-11-15-24(16-12-23)28(25-13-9-19-5-1-3-7-21(19)17-25)26-14-10-20-6-2-4-8-22(20)18-26/h1-18H,27H2. The molecule has 2 heteroatoms. The highest BCUT2D eigenvalue weighted by Crippen LogP contribution is 2.36. The van der Waals surface area contributed by atoms with E-state index in [1.54, 1.807) is 0 Å². The molecule has 0 spiro atoms. The van der Waals surface area contributed by atoms with Crippen LogP contribution in [0.15, 0.2) is 109 Å². The van der Waals surface area contributed by atoms with E-state index in [1.807, 2.05) is 0 Å². The van der Waals surface area contributed by atoms with Gasteiger partial charge in [0.25, 0.3) is 0 Å². The molecular weight excluding hydrogens is 337 g/mol. The Labute approximate surface area is 166 Å². The molecule has 0 aromatic heterocycles. The highest BCUT2D eigenvalue weighted by atomic mass is 15.1. The van der Waals surface area contributed by atoms with Gasteiger partial charge in [-0.25, -0.2) is 0 Å². The van der Waals surface area contributed by atoms with Crippen molar-refractivity contribution in [2.24, 2.45) is 0 Å². The molecule has 0 aliphatic rings. The van der Waals surface area contributed by atoms with Crippen molar-refractivity contribution in [2.45, 2.75) is 0 Å². The monoisotopic (exact) mass is 357 g/mol. The van der Waals surface area contributed by atoms with Crippen LogP contribution in [0.2, 0.25) is 0 Å². The molecule has 0 aliphatic heterocycles. The predicted octanol–water partition coefficient (Wildman–Crippen LogP) is 5.72. The van der Waals surface area contributed by atoms with Gasteiger partial charge < -0.3 is 4.90 Å². The summed E-state index contributed by atoms with van der Waals surface area (Å²) < 4.78 is 0. The van der Waals surface area contributed by atoms with Gasteiger partial charge in [-0.1, -0.05) is 78.3 Å². The van der Waals surface area contributed by atoms with E-state index in [1.165, 1.54) is 27.0 Å². The van der Waals surface area contributed by atoms with E-state index in [2.05, 4.69) is 122 Å². The zero-order valence-electron chi connectivity index (χ0n) is 15.8. The first-order valence-electron chi connectivity index (χ1n) is 9.62. The fourth-order valence-electron chi connectivity index (χ4n) is 3.77. The number of nitrogens with zero attached hydrogens (tertiary/aromatic N) is 1. The molecule has 0 fully saturated rings. The number of anilines is 3. The van der Waals surface area contributed by atoms with Gasteiger partial charge in [-0.3, -0.25) is 0 Å². The molecule has 0 heterocycles. The molecule has 5 aromatic rings. The summed E-state index contributed by atoms with van der Waals surface area (Å²) in [6, 6.07) is 39.1. The van der Waals surface area contributed by atoms with Gasteiger partial charge in [-0.05, 0) is 57.9 Å². The SMILES string of the molecule is Bc1ccc(N(c2ccc3ccccc3c2)c2ccc3ccccc3c2)cc1. The van der Waals surface area contributed by atoms with Crippen molar-refractivity contribution in [1.29, 1.82) is 0 Å². The fourth-order valence-corrected chi connectivity index (χ4v) is 3.77. The van der Waals surface area contributed by atoms with Gasteiger partial charge in [0.15, 0.2) is 0 Å². The van der Waals surface area contributed by atoms with E-state index < -0.39 is 0 Å². The minimum Gasteiger partial charge on any atom is -0.310 e. The second kappa shape index (κ2) is 6.90. The molecule has 0 radical (unpaired) electrons. The van der Waals surface area contributed by atoms with Crippen LogP contribution in [0.5, 0.6) is 0 Å². The van der Waals surface area contributed by atoms with Gasteiger partial charge in [0, 0.05) is 17.1 Å². The summed E-state index contributed by atoms with van der Waals surface area (Å²) in [6.07, 6.45) is 0. The Hall–Kier alpha value is -3.52. The highest BCUT2D eigenvalue weighted by Gasteiger charge is 2.13. The molecule has 0 amide bonds. The lowest BCUT2D eigenvalue weighted by Gasteiger charge is -2.26. The highest BCUT2D eigenvalue weighted by molar-refractivity contribution is 6.32. The van der Waals surface area contributed by atoms with Crippen molar-refractivity contribution in [1.82, 2.24) is 0 Å². The van der Waals surface area contributed by atoms with E-state index in [-0.39, 0.29) is 0 Å². The predicted molar refractivity (Wildman–Crippen MR) is 124 cm³/mol. The van der Waals surface area contributed by atoms with E-state index in [4.69, 9.17) is 0 Å². The topological polar surface area (TPSA) is 3.24 Å². The number of hydrogen-bond donors (Lipinski definition) is 0. The Morgan fingerprint density at radius 2 is 0.857 bits per heavy atom. The Morgan fingerprint density at radius 1 is 0.429 bits per heavy atom. The number of fused-ring (bicyclic) bond motifs is 2. The molecule has 0 saturated heterocycles. The molecular formula is C26H20BN. The van der Waals surface area contributed by atoms with Crippen molar-refractivity contribution < 1.29 is 0 Å². The third-order valence-electron chi connectivity index (χ3n) is 5.27. The maximum absolute atomic E-state index is 2.33. The summed E-state index contributed by atoms with van der Waals surface area (Å²) in [6.45, 7) is 0. The molecule has 132 valence electrons. The molecule has 28 heavy (non-hydrogen) atoms. The summed E-state index contributed by atoms with van der Waals surface area (Å²) in [7, 11) is 2.13. The Bertz CT molecular complexity index is 1200. The Morgan fingerprint density at radius 3 is 1.36 bits per heavy atom. The van der Waals surface area contributed by atoms with Gasteiger partial charge in [0.1, 0.15) is 7.85 Å². The van der Waals surface area contributed by atoms with Crippen LogP contribution in [0.4, 0.5) is 17.1 Å². The zero-order valence-corrected chi connectivity index (χ0v) is 15.8. The summed E-state index contributed by atoms with van der Waals surface area (Å²) in [5, 5.41) is 5.01. The van der Waals surface area contributed by atoms with Gasteiger partial charge >= 0.3 is 0 Å². The average Bonchev–Trinajstić information content (AvgIpc) is 2.75.